The number of benzene rings is 3. The highest BCUT2D eigenvalue weighted by atomic mass is 16.5. The van der Waals surface area contributed by atoms with Crippen LogP contribution >= 0.6 is 0 Å². The molecule has 2 N–H and O–H groups in total. The third kappa shape index (κ3) is 4.41. The van der Waals surface area contributed by atoms with Crippen LogP contribution < -0.4 is 10.1 Å². The molecule has 4 aromatic rings. The molecule has 0 fully saturated rings. The van der Waals surface area contributed by atoms with Crippen LogP contribution in [0.2, 0.25) is 0 Å². The zero-order valence-electron chi connectivity index (χ0n) is 15.5. The summed E-state index contributed by atoms with van der Waals surface area (Å²) >= 11 is 0. The Bertz CT molecular complexity index is 1020. The predicted octanol–water partition coefficient (Wildman–Crippen LogP) is 4.57. The van der Waals surface area contributed by atoms with Crippen molar-refractivity contribution in [1.29, 1.82) is 0 Å². The van der Waals surface area contributed by atoms with E-state index in [1.165, 1.54) is 5.39 Å². The Morgan fingerprint density at radius 1 is 0.857 bits per heavy atom. The molecule has 0 aliphatic carbocycles. The van der Waals surface area contributed by atoms with Crippen molar-refractivity contribution >= 4 is 16.8 Å². The molecule has 0 saturated carbocycles. The van der Waals surface area contributed by atoms with Gasteiger partial charge in [0, 0.05) is 24.2 Å². The van der Waals surface area contributed by atoms with Gasteiger partial charge in [-0.2, -0.15) is 0 Å². The van der Waals surface area contributed by atoms with Crippen LogP contribution in [-0.4, -0.2) is 24.0 Å². The molecule has 1 heterocycles. The number of amides is 1. The maximum absolute atomic E-state index is 12.0. The average Bonchev–Trinajstić information content (AvgIpc) is 3.16. The zero-order valence-corrected chi connectivity index (χ0v) is 15.5. The Hall–Kier alpha value is -3.53. The summed E-state index contributed by atoms with van der Waals surface area (Å²) in [6, 6.07) is 28.2. The van der Waals surface area contributed by atoms with Crippen LogP contribution in [0.4, 0.5) is 0 Å². The lowest BCUT2D eigenvalue weighted by molar-refractivity contribution is -0.123. The summed E-state index contributed by atoms with van der Waals surface area (Å²) in [7, 11) is 0. The van der Waals surface area contributed by atoms with Crippen molar-refractivity contribution in [2.24, 2.45) is 0 Å². The molecule has 4 heteroatoms. The highest BCUT2D eigenvalue weighted by molar-refractivity contribution is 5.80. The number of aromatic amines is 1. The number of aromatic nitrogens is 1. The molecular weight excluding hydrogens is 348 g/mol. The monoisotopic (exact) mass is 370 g/mol. The Morgan fingerprint density at radius 2 is 1.57 bits per heavy atom. The molecule has 28 heavy (non-hydrogen) atoms. The number of H-pyrrole nitrogens is 1. The molecule has 1 amide bonds. The first kappa shape index (κ1) is 17.9. The zero-order chi connectivity index (χ0) is 19.2. The smallest absolute Gasteiger partial charge is 0.257 e. The molecule has 140 valence electrons. The lowest BCUT2D eigenvalue weighted by Gasteiger charge is -2.08. The van der Waals surface area contributed by atoms with Gasteiger partial charge in [0.1, 0.15) is 5.75 Å². The summed E-state index contributed by atoms with van der Waals surface area (Å²) in [6.07, 6.45) is 0.756. The van der Waals surface area contributed by atoms with Gasteiger partial charge in [-0.1, -0.05) is 60.7 Å². The van der Waals surface area contributed by atoms with Crippen molar-refractivity contribution in [3.63, 3.8) is 0 Å². The minimum atomic E-state index is -0.122. The molecule has 0 spiro atoms. The number of hydrogen-bond donors (Lipinski definition) is 2. The van der Waals surface area contributed by atoms with Crippen molar-refractivity contribution < 1.29 is 9.53 Å². The number of fused-ring (bicyclic) bond motifs is 1. The second-order valence-electron chi connectivity index (χ2n) is 6.66. The van der Waals surface area contributed by atoms with Gasteiger partial charge in [0.25, 0.3) is 5.91 Å². The number of carbonyl (C=O) groups excluding carboxylic acids is 1. The minimum Gasteiger partial charge on any atom is -0.484 e. The van der Waals surface area contributed by atoms with E-state index < -0.39 is 0 Å². The van der Waals surface area contributed by atoms with Crippen molar-refractivity contribution in [3.05, 3.63) is 90.6 Å². The van der Waals surface area contributed by atoms with Crippen LogP contribution in [-0.2, 0) is 11.2 Å². The van der Waals surface area contributed by atoms with E-state index in [-0.39, 0.29) is 12.5 Å². The second-order valence-corrected chi connectivity index (χ2v) is 6.66. The van der Waals surface area contributed by atoms with Crippen LogP contribution in [0.15, 0.2) is 84.9 Å². The Labute approximate surface area is 164 Å². The van der Waals surface area contributed by atoms with Gasteiger partial charge in [0.15, 0.2) is 6.61 Å². The van der Waals surface area contributed by atoms with Crippen molar-refractivity contribution in [1.82, 2.24) is 10.3 Å². The van der Waals surface area contributed by atoms with E-state index in [1.54, 1.807) is 0 Å². The Balaban J connectivity index is 1.23. The molecular formula is C24H22N2O2. The second kappa shape index (κ2) is 8.44. The van der Waals surface area contributed by atoms with Crippen LogP contribution in [0.5, 0.6) is 5.75 Å². The molecule has 0 aliphatic heterocycles. The molecule has 0 atom stereocenters. The quantitative estimate of drug-likeness (QED) is 0.501. The largest absolute Gasteiger partial charge is 0.484 e. The first-order valence-electron chi connectivity index (χ1n) is 9.39. The summed E-state index contributed by atoms with van der Waals surface area (Å²) in [6.45, 7) is 0.583. The molecule has 1 aromatic heterocycles. The summed E-state index contributed by atoms with van der Waals surface area (Å²) in [5.74, 6) is 0.564. The molecule has 0 radical (unpaired) electrons. The van der Waals surface area contributed by atoms with Gasteiger partial charge in [0.05, 0.1) is 0 Å². The standard InChI is InChI=1S/C24H22N2O2/c27-24(25-15-14-21-16-20-8-4-5-9-23(20)26-21)17-28-22-12-10-19(11-13-22)18-6-2-1-3-7-18/h1-13,16,26H,14-15,17H2,(H,25,27). The van der Waals surface area contributed by atoms with E-state index >= 15 is 0 Å². The van der Waals surface area contributed by atoms with Gasteiger partial charge in [-0.15, -0.1) is 0 Å². The van der Waals surface area contributed by atoms with Crippen LogP contribution in [0, 0.1) is 0 Å². The van der Waals surface area contributed by atoms with Gasteiger partial charge < -0.3 is 15.0 Å². The van der Waals surface area contributed by atoms with Crippen molar-refractivity contribution in [2.75, 3.05) is 13.2 Å². The number of carbonyl (C=O) groups is 1. The van der Waals surface area contributed by atoms with E-state index in [4.69, 9.17) is 4.74 Å². The minimum absolute atomic E-state index is 0.0113. The van der Waals surface area contributed by atoms with Crippen LogP contribution in [0.25, 0.3) is 22.0 Å². The Kier molecular flexibility index (Phi) is 5.38. The number of hydrogen-bond acceptors (Lipinski definition) is 2. The van der Waals surface area contributed by atoms with E-state index in [1.807, 2.05) is 60.7 Å². The first-order chi connectivity index (χ1) is 13.8. The number of nitrogens with one attached hydrogen (secondary N) is 2. The molecule has 4 rings (SSSR count). The molecule has 0 saturated heterocycles. The van der Waals surface area contributed by atoms with Gasteiger partial charge in [-0.25, -0.2) is 0 Å². The van der Waals surface area contributed by atoms with Gasteiger partial charge >= 0.3 is 0 Å². The van der Waals surface area contributed by atoms with Crippen molar-refractivity contribution in [2.45, 2.75) is 6.42 Å². The third-order valence-electron chi connectivity index (χ3n) is 4.63. The fraction of sp³-hybridized carbons (Fsp3) is 0.125. The third-order valence-corrected chi connectivity index (χ3v) is 4.63. The lowest BCUT2D eigenvalue weighted by Crippen LogP contribution is -2.30. The fourth-order valence-corrected chi connectivity index (χ4v) is 3.18. The topological polar surface area (TPSA) is 54.1 Å². The predicted molar refractivity (Wildman–Crippen MR) is 112 cm³/mol. The summed E-state index contributed by atoms with van der Waals surface area (Å²) in [5.41, 5.74) is 4.50. The molecule has 3 aromatic carbocycles. The SMILES string of the molecule is O=C(COc1ccc(-c2ccccc2)cc1)NCCc1cc2ccccc2[nH]1. The summed E-state index contributed by atoms with van der Waals surface area (Å²) < 4.78 is 5.59. The number of ether oxygens (including phenoxy) is 1. The van der Waals surface area contributed by atoms with Gasteiger partial charge in [0.2, 0.25) is 0 Å². The highest BCUT2D eigenvalue weighted by Gasteiger charge is 2.05. The molecule has 0 unspecified atom stereocenters. The highest BCUT2D eigenvalue weighted by Crippen LogP contribution is 2.22. The molecule has 0 bridgehead atoms. The average molecular weight is 370 g/mol. The normalized spacial score (nSPS) is 10.7. The van der Waals surface area contributed by atoms with Crippen LogP contribution in [0.1, 0.15) is 5.69 Å². The molecule has 0 aliphatic rings. The Morgan fingerprint density at radius 3 is 2.36 bits per heavy atom. The van der Waals surface area contributed by atoms with Gasteiger partial charge in [-0.3, -0.25) is 4.79 Å². The fourth-order valence-electron chi connectivity index (χ4n) is 3.18. The number of rotatable bonds is 7. The summed E-state index contributed by atoms with van der Waals surface area (Å²) in [4.78, 5) is 15.4. The van der Waals surface area contributed by atoms with E-state index in [2.05, 4.69) is 34.6 Å². The maximum Gasteiger partial charge on any atom is 0.257 e. The van der Waals surface area contributed by atoms with E-state index in [0.717, 1.165) is 28.8 Å². The van der Waals surface area contributed by atoms with Crippen molar-refractivity contribution in [3.8, 4) is 16.9 Å². The van der Waals surface area contributed by atoms with E-state index in [0.29, 0.717) is 12.3 Å². The van der Waals surface area contributed by atoms with Gasteiger partial charge in [-0.05, 0) is 40.8 Å². The number of para-hydroxylation sites is 1. The van der Waals surface area contributed by atoms with E-state index in [9.17, 15) is 4.79 Å². The first-order valence-corrected chi connectivity index (χ1v) is 9.39. The summed E-state index contributed by atoms with van der Waals surface area (Å²) in [5, 5.41) is 4.09. The van der Waals surface area contributed by atoms with Crippen LogP contribution in [0.3, 0.4) is 0 Å². The molecule has 4 nitrogen and oxygen atoms in total. The lowest BCUT2D eigenvalue weighted by atomic mass is 10.1. The maximum atomic E-state index is 12.0.